The molecule has 0 heterocycles. The number of likely N-dealkylation sites (N-methyl/N-ethyl adjacent to an activating group) is 1. The van der Waals surface area contributed by atoms with E-state index in [1.807, 2.05) is 0 Å². The summed E-state index contributed by atoms with van der Waals surface area (Å²) in [6, 6.07) is 0. The fourth-order valence-electron chi connectivity index (χ4n) is 0.991. The molecule has 0 saturated carbocycles. The van der Waals surface area contributed by atoms with Crippen LogP contribution in [-0.2, 0) is 19.9 Å². The van der Waals surface area contributed by atoms with Crippen LogP contribution >= 0.6 is 0 Å². The van der Waals surface area contributed by atoms with Crippen LogP contribution in [0.1, 0.15) is 6.92 Å². The molecular weight excluding hydrogens is 242 g/mol. The first-order chi connectivity index (χ1) is 6.73. The standard InChI is InChI=1S/C7H17NO5S2/c1-3-8(4-5-9)15(12,13)7-6-14(2,10)11/h9H,3-7H2,1-2H3. The molecule has 0 bridgehead atoms. The highest BCUT2D eigenvalue weighted by atomic mass is 32.2. The molecule has 0 fully saturated rings. The van der Waals surface area contributed by atoms with Crippen molar-refractivity contribution in [2.45, 2.75) is 6.92 Å². The Balaban J connectivity index is 4.53. The first-order valence-electron chi connectivity index (χ1n) is 4.49. The second kappa shape index (κ2) is 5.78. The van der Waals surface area contributed by atoms with E-state index in [0.717, 1.165) is 10.6 Å². The van der Waals surface area contributed by atoms with Crippen LogP contribution in [0, 0.1) is 0 Å². The van der Waals surface area contributed by atoms with Gasteiger partial charge in [0.25, 0.3) is 0 Å². The maximum atomic E-state index is 11.5. The third-order valence-corrected chi connectivity index (χ3v) is 4.96. The molecule has 0 amide bonds. The lowest BCUT2D eigenvalue weighted by Crippen LogP contribution is -2.36. The minimum Gasteiger partial charge on any atom is -0.395 e. The van der Waals surface area contributed by atoms with Crippen LogP contribution in [0.15, 0.2) is 0 Å². The third kappa shape index (κ3) is 6.08. The van der Waals surface area contributed by atoms with Gasteiger partial charge in [0.05, 0.1) is 18.1 Å². The maximum Gasteiger partial charge on any atom is 0.215 e. The molecule has 0 saturated heterocycles. The van der Waals surface area contributed by atoms with E-state index in [2.05, 4.69) is 0 Å². The lowest BCUT2D eigenvalue weighted by Gasteiger charge is -2.18. The minimum atomic E-state index is -3.57. The number of rotatable bonds is 7. The molecule has 0 aliphatic rings. The number of hydrogen-bond acceptors (Lipinski definition) is 5. The lowest BCUT2D eigenvalue weighted by molar-refractivity contribution is 0.257. The second-order valence-corrected chi connectivity index (χ2v) is 7.51. The minimum absolute atomic E-state index is 0.00257. The fourth-order valence-corrected chi connectivity index (χ4v) is 4.06. The first kappa shape index (κ1) is 14.8. The fraction of sp³-hybridized carbons (Fsp3) is 1.00. The monoisotopic (exact) mass is 259 g/mol. The zero-order valence-corrected chi connectivity index (χ0v) is 10.5. The van der Waals surface area contributed by atoms with Gasteiger partial charge in [-0.3, -0.25) is 0 Å². The molecule has 0 unspecified atom stereocenters. The molecule has 0 rings (SSSR count). The van der Waals surface area contributed by atoms with E-state index in [1.165, 1.54) is 0 Å². The van der Waals surface area contributed by atoms with E-state index in [4.69, 9.17) is 5.11 Å². The van der Waals surface area contributed by atoms with Crippen molar-refractivity contribution in [2.24, 2.45) is 0 Å². The predicted molar refractivity (Wildman–Crippen MR) is 57.8 cm³/mol. The quantitative estimate of drug-likeness (QED) is 0.612. The van der Waals surface area contributed by atoms with Crippen molar-refractivity contribution >= 4 is 19.9 Å². The third-order valence-electron chi connectivity index (χ3n) is 1.81. The van der Waals surface area contributed by atoms with E-state index < -0.39 is 31.4 Å². The molecule has 8 heteroatoms. The average molecular weight is 259 g/mol. The Morgan fingerprint density at radius 1 is 1.13 bits per heavy atom. The van der Waals surface area contributed by atoms with Gasteiger partial charge < -0.3 is 5.11 Å². The van der Waals surface area contributed by atoms with Crippen LogP contribution < -0.4 is 0 Å². The molecule has 15 heavy (non-hydrogen) atoms. The molecule has 0 spiro atoms. The molecule has 0 aromatic carbocycles. The summed E-state index contributed by atoms with van der Waals surface area (Å²) in [7, 11) is -6.86. The summed E-state index contributed by atoms with van der Waals surface area (Å²) >= 11 is 0. The summed E-state index contributed by atoms with van der Waals surface area (Å²) in [5.74, 6) is -0.822. The number of hydrogen-bond donors (Lipinski definition) is 1. The lowest BCUT2D eigenvalue weighted by atomic mass is 10.6. The zero-order chi connectivity index (χ0) is 12.1. The van der Waals surface area contributed by atoms with Gasteiger partial charge in [0, 0.05) is 19.3 Å². The zero-order valence-electron chi connectivity index (χ0n) is 8.88. The van der Waals surface area contributed by atoms with Gasteiger partial charge in [0.1, 0.15) is 9.84 Å². The molecule has 0 aromatic rings. The molecular formula is C7H17NO5S2. The second-order valence-electron chi connectivity index (χ2n) is 3.16. The van der Waals surface area contributed by atoms with Crippen LogP contribution in [0.3, 0.4) is 0 Å². The van der Waals surface area contributed by atoms with Gasteiger partial charge in [-0.15, -0.1) is 0 Å². The van der Waals surface area contributed by atoms with Gasteiger partial charge in [0.2, 0.25) is 10.0 Å². The highest BCUT2D eigenvalue weighted by molar-refractivity contribution is 7.93. The predicted octanol–water partition coefficient (Wildman–Crippen LogP) is -1.32. The number of aliphatic hydroxyl groups is 1. The van der Waals surface area contributed by atoms with Crippen LogP contribution in [0.25, 0.3) is 0 Å². The van der Waals surface area contributed by atoms with Crippen molar-refractivity contribution in [3.05, 3.63) is 0 Å². The van der Waals surface area contributed by atoms with Crippen molar-refractivity contribution in [2.75, 3.05) is 37.5 Å². The maximum absolute atomic E-state index is 11.5. The highest BCUT2D eigenvalue weighted by Gasteiger charge is 2.21. The van der Waals surface area contributed by atoms with Crippen LogP contribution in [-0.4, -0.2) is 63.7 Å². The van der Waals surface area contributed by atoms with E-state index in [9.17, 15) is 16.8 Å². The molecule has 0 aromatic heterocycles. The van der Waals surface area contributed by atoms with Crippen molar-refractivity contribution in [1.29, 1.82) is 0 Å². The summed E-state index contributed by atoms with van der Waals surface area (Å²) in [6.07, 6.45) is 0.991. The van der Waals surface area contributed by atoms with E-state index >= 15 is 0 Å². The number of nitrogens with zero attached hydrogens (tertiary/aromatic N) is 1. The SMILES string of the molecule is CCN(CCO)S(=O)(=O)CCS(C)(=O)=O. The summed E-state index contributed by atoms with van der Waals surface area (Å²) in [6.45, 7) is 1.59. The molecule has 6 nitrogen and oxygen atoms in total. The van der Waals surface area contributed by atoms with Gasteiger partial charge >= 0.3 is 0 Å². The smallest absolute Gasteiger partial charge is 0.215 e. The number of aliphatic hydroxyl groups excluding tert-OH is 1. The largest absolute Gasteiger partial charge is 0.395 e. The number of sulfonamides is 1. The Kier molecular flexibility index (Phi) is 5.71. The van der Waals surface area contributed by atoms with Crippen molar-refractivity contribution in [3.8, 4) is 0 Å². The van der Waals surface area contributed by atoms with Crippen molar-refractivity contribution in [1.82, 2.24) is 4.31 Å². The Morgan fingerprint density at radius 3 is 2.00 bits per heavy atom. The Bertz CT molecular complexity index is 372. The van der Waals surface area contributed by atoms with Gasteiger partial charge in [-0.1, -0.05) is 6.92 Å². The molecule has 1 N–H and O–H groups in total. The Labute approximate surface area is 90.9 Å². The normalized spacial score (nSPS) is 13.3. The summed E-state index contributed by atoms with van der Waals surface area (Å²) in [5.41, 5.74) is 0. The van der Waals surface area contributed by atoms with Gasteiger partial charge in [-0.2, -0.15) is 4.31 Å². The molecule has 0 radical (unpaired) electrons. The van der Waals surface area contributed by atoms with Gasteiger partial charge in [-0.25, -0.2) is 16.8 Å². The average Bonchev–Trinajstić information content (AvgIpc) is 2.10. The highest BCUT2D eigenvalue weighted by Crippen LogP contribution is 2.01. The summed E-state index contributed by atoms with van der Waals surface area (Å²) in [4.78, 5) is 0. The van der Waals surface area contributed by atoms with Crippen molar-refractivity contribution < 1.29 is 21.9 Å². The Morgan fingerprint density at radius 2 is 1.67 bits per heavy atom. The van der Waals surface area contributed by atoms with Crippen LogP contribution in [0.5, 0.6) is 0 Å². The topological polar surface area (TPSA) is 91.8 Å². The number of sulfone groups is 1. The van der Waals surface area contributed by atoms with Crippen molar-refractivity contribution in [3.63, 3.8) is 0 Å². The molecule has 0 aliphatic carbocycles. The summed E-state index contributed by atoms with van der Waals surface area (Å²) in [5, 5.41) is 8.63. The molecule has 92 valence electrons. The van der Waals surface area contributed by atoms with E-state index in [1.54, 1.807) is 6.92 Å². The van der Waals surface area contributed by atoms with E-state index in [0.29, 0.717) is 0 Å². The first-order valence-corrected chi connectivity index (χ1v) is 8.16. The van der Waals surface area contributed by atoms with Crippen LogP contribution in [0.4, 0.5) is 0 Å². The van der Waals surface area contributed by atoms with Gasteiger partial charge in [0.15, 0.2) is 0 Å². The molecule has 0 atom stereocenters. The Hall–Kier alpha value is -0.180. The van der Waals surface area contributed by atoms with E-state index in [-0.39, 0.29) is 19.7 Å². The summed E-state index contributed by atoms with van der Waals surface area (Å²) < 4.78 is 45.8. The molecule has 0 aliphatic heterocycles. The van der Waals surface area contributed by atoms with Crippen LogP contribution in [0.2, 0.25) is 0 Å². The van der Waals surface area contributed by atoms with Gasteiger partial charge in [-0.05, 0) is 0 Å².